The van der Waals surface area contributed by atoms with Gasteiger partial charge in [-0.25, -0.2) is 4.98 Å². The number of thioether (sulfide) groups is 1. The SMILES string of the molecule is O=C(CSc1nc2ccccc2[nH]1)NC1CC2CCC1C2. The minimum absolute atomic E-state index is 0.137. The Morgan fingerprint density at radius 3 is 3.00 bits per heavy atom. The van der Waals surface area contributed by atoms with E-state index < -0.39 is 0 Å². The van der Waals surface area contributed by atoms with Gasteiger partial charge in [0, 0.05) is 6.04 Å². The lowest BCUT2D eigenvalue weighted by atomic mass is 9.95. The van der Waals surface area contributed by atoms with Crippen molar-refractivity contribution < 1.29 is 4.79 Å². The molecule has 0 aliphatic heterocycles. The lowest BCUT2D eigenvalue weighted by molar-refractivity contribution is -0.119. The fourth-order valence-corrected chi connectivity index (χ4v) is 4.50. The molecule has 4 rings (SSSR count). The number of fused-ring (bicyclic) bond motifs is 3. The predicted molar refractivity (Wildman–Crippen MR) is 84.2 cm³/mol. The Balaban J connectivity index is 1.32. The molecule has 1 heterocycles. The number of aromatic nitrogens is 2. The average molecular weight is 301 g/mol. The average Bonchev–Trinajstić information content (AvgIpc) is 3.19. The maximum absolute atomic E-state index is 12.1. The van der Waals surface area contributed by atoms with E-state index in [9.17, 15) is 4.79 Å². The van der Waals surface area contributed by atoms with E-state index in [1.165, 1.54) is 37.4 Å². The summed E-state index contributed by atoms with van der Waals surface area (Å²) in [5.41, 5.74) is 1.97. The Morgan fingerprint density at radius 1 is 1.33 bits per heavy atom. The zero-order valence-electron chi connectivity index (χ0n) is 11.8. The molecule has 2 saturated carbocycles. The molecular weight excluding hydrogens is 282 g/mol. The molecule has 21 heavy (non-hydrogen) atoms. The van der Waals surface area contributed by atoms with Crippen molar-refractivity contribution in [1.29, 1.82) is 0 Å². The first-order valence-corrected chi connectivity index (χ1v) is 8.63. The fraction of sp³-hybridized carbons (Fsp3) is 0.500. The van der Waals surface area contributed by atoms with E-state index in [0.717, 1.165) is 28.0 Å². The molecule has 4 nitrogen and oxygen atoms in total. The van der Waals surface area contributed by atoms with Crippen molar-refractivity contribution in [2.24, 2.45) is 11.8 Å². The number of carbonyl (C=O) groups is 1. The van der Waals surface area contributed by atoms with Crippen molar-refractivity contribution in [2.75, 3.05) is 5.75 Å². The molecule has 2 bridgehead atoms. The zero-order valence-corrected chi connectivity index (χ0v) is 12.7. The number of rotatable bonds is 4. The van der Waals surface area contributed by atoms with E-state index in [2.05, 4.69) is 15.3 Å². The van der Waals surface area contributed by atoms with Crippen LogP contribution in [0.1, 0.15) is 25.7 Å². The second kappa shape index (κ2) is 5.37. The molecule has 2 aliphatic rings. The number of carbonyl (C=O) groups excluding carboxylic acids is 1. The van der Waals surface area contributed by atoms with Crippen LogP contribution in [0.15, 0.2) is 29.4 Å². The van der Waals surface area contributed by atoms with Crippen LogP contribution in [-0.4, -0.2) is 27.7 Å². The van der Waals surface area contributed by atoms with Crippen LogP contribution in [0.2, 0.25) is 0 Å². The molecule has 1 aromatic carbocycles. The third-order valence-electron chi connectivity index (χ3n) is 4.79. The Labute approximate surface area is 128 Å². The number of amides is 1. The Kier molecular flexibility index (Phi) is 3.37. The molecule has 2 fully saturated rings. The van der Waals surface area contributed by atoms with Gasteiger partial charge in [0.2, 0.25) is 5.91 Å². The molecule has 3 atom stereocenters. The highest BCUT2D eigenvalue weighted by Crippen LogP contribution is 2.44. The summed E-state index contributed by atoms with van der Waals surface area (Å²) in [5, 5.41) is 4.03. The van der Waals surface area contributed by atoms with E-state index >= 15 is 0 Å². The molecule has 0 saturated heterocycles. The minimum atomic E-state index is 0.137. The third-order valence-corrected chi connectivity index (χ3v) is 5.67. The van der Waals surface area contributed by atoms with Gasteiger partial charge in [0.1, 0.15) is 0 Å². The number of benzene rings is 1. The van der Waals surface area contributed by atoms with Crippen LogP contribution in [0.5, 0.6) is 0 Å². The smallest absolute Gasteiger partial charge is 0.230 e. The molecule has 0 radical (unpaired) electrons. The van der Waals surface area contributed by atoms with Gasteiger partial charge in [-0.1, -0.05) is 30.3 Å². The van der Waals surface area contributed by atoms with Gasteiger partial charge in [-0.3, -0.25) is 4.79 Å². The highest BCUT2D eigenvalue weighted by atomic mass is 32.2. The van der Waals surface area contributed by atoms with Crippen molar-refractivity contribution >= 4 is 28.7 Å². The normalized spacial score (nSPS) is 27.3. The summed E-state index contributed by atoms with van der Waals surface area (Å²) < 4.78 is 0. The van der Waals surface area contributed by atoms with Gasteiger partial charge in [-0.15, -0.1) is 0 Å². The number of hydrogen-bond donors (Lipinski definition) is 2. The van der Waals surface area contributed by atoms with Gasteiger partial charge in [0.15, 0.2) is 5.16 Å². The largest absolute Gasteiger partial charge is 0.352 e. The number of para-hydroxylation sites is 2. The summed E-state index contributed by atoms with van der Waals surface area (Å²) in [7, 11) is 0. The van der Waals surface area contributed by atoms with Crippen LogP contribution >= 0.6 is 11.8 Å². The molecular formula is C16H19N3OS. The summed E-state index contributed by atoms with van der Waals surface area (Å²) in [5.74, 6) is 2.17. The van der Waals surface area contributed by atoms with Gasteiger partial charge >= 0.3 is 0 Å². The molecule has 5 heteroatoms. The number of imidazole rings is 1. The quantitative estimate of drug-likeness (QED) is 0.854. The van der Waals surface area contributed by atoms with E-state index in [1.54, 1.807) is 0 Å². The van der Waals surface area contributed by atoms with Crippen molar-refractivity contribution in [2.45, 2.75) is 36.9 Å². The summed E-state index contributed by atoms with van der Waals surface area (Å²) in [6.07, 6.45) is 5.17. The number of hydrogen-bond acceptors (Lipinski definition) is 3. The Bertz CT molecular complexity index is 635. The van der Waals surface area contributed by atoms with Crippen molar-refractivity contribution in [3.63, 3.8) is 0 Å². The Hall–Kier alpha value is -1.49. The monoisotopic (exact) mass is 301 g/mol. The maximum atomic E-state index is 12.1. The first-order chi connectivity index (χ1) is 10.3. The molecule has 110 valence electrons. The fourth-order valence-electron chi connectivity index (χ4n) is 3.80. The van der Waals surface area contributed by atoms with E-state index in [1.807, 2.05) is 24.3 Å². The van der Waals surface area contributed by atoms with E-state index in [-0.39, 0.29) is 5.91 Å². The highest BCUT2D eigenvalue weighted by Gasteiger charge is 2.39. The first kappa shape index (κ1) is 13.2. The van der Waals surface area contributed by atoms with Gasteiger partial charge in [0.05, 0.1) is 16.8 Å². The van der Waals surface area contributed by atoms with Gasteiger partial charge in [-0.2, -0.15) is 0 Å². The molecule has 0 spiro atoms. The zero-order chi connectivity index (χ0) is 14.2. The van der Waals surface area contributed by atoms with Crippen LogP contribution in [0, 0.1) is 11.8 Å². The standard InChI is InChI=1S/C16H19N3OS/c20-15(17-14-8-10-5-6-11(14)7-10)9-21-16-18-12-3-1-2-4-13(12)19-16/h1-4,10-11,14H,5-9H2,(H,17,20)(H,18,19). The second-order valence-corrected chi connectivity index (χ2v) is 7.16. The maximum Gasteiger partial charge on any atom is 0.230 e. The summed E-state index contributed by atoms with van der Waals surface area (Å²) in [4.78, 5) is 19.8. The van der Waals surface area contributed by atoms with Gasteiger partial charge < -0.3 is 10.3 Å². The van der Waals surface area contributed by atoms with Crippen molar-refractivity contribution in [3.05, 3.63) is 24.3 Å². The number of nitrogens with one attached hydrogen (secondary N) is 2. The molecule has 3 unspecified atom stereocenters. The molecule has 2 aromatic rings. The van der Waals surface area contributed by atoms with Crippen molar-refractivity contribution in [3.8, 4) is 0 Å². The molecule has 2 aliphatic carbocycles. The van der Waals surface area contributed by atoms with Crippen LogP contribution in [0.25, 0.3) is 11.0 Å². The predicted octanol–water partition coefficient (Wildman–Crippen LogP) is 2.96. The summed E-state index contributed by atoms with van der Waals surface area (Å²) >= 11 is 1.48. The highest BCUT2D eigenvalue weighted by molar-refractivity contribution is 7.99. The first-order valence-electron chi connectivity index (χ1n) is 7.65. The number of aromatic amines is 1. The number of H-pyrrole nitrogens is 1. The van der Waals surface area contributed by atoms with Crippen LogP contribution in [-0.2, 0) is 4.79 Å². The lowest BCUT2D eigenvalue weighted by Crippen LogP contribution is -2.39. The van der Waals surface area contributed by atoms with Gasteiger partial charge in [-0.05, 0) is 43.2 Å². The topological polar surface area (TPSA) is 57.8 Å². The summed E-state index contributed by atoms with van der Waals surface area (Å²) in [6, 6.07) is 8.36. The van der Waals surface area contributed by atoms with Gasteiger partial charge in [0.25, 0.3) is 0 Å². The molecule has 1 aromatic heterocycles. The van der Waals surface area contributed by atoms with Crippen molar-refractivity contribution in [1.82, 2.24) is 15.3 Å². The second-order valence-electron chi connectivity index (χ2n) is 6.20. The van der Waals surface area contributed by atoms with Crippen LogP contribution in [0.3, 0.4) is 0 Å². The van der Waals surface area contributed by atoms with E-state index in [4.69, 9.17) is 0 Å². The molecule has 1 amide bonds. The third kappa shape index (κ3) is 2.67. The lowest BCUT2D eigenvalue weighted by Gasteiger charge is -2.22. The van der Waals surface area contributed by atoms with E-state index in [0.29, 0.717) is 11.8 Å². The van der Waals surface area contributed by atoms with Crippen LogP contribution in [0.4, 0.5) is 0 Å². The number of nitrogens with zero attached hydrogens (tertiary/aromatic N) is 1. The van der Waals surface area contributed by atoms with Crippen LogP contribution < -0.4 is 5.32 Å². The molecule has 2 N–H and O–H groups in total. The summed E-state index contributed by atoms with van der Waals surface area (Å²) in [6.45, 7) is 0. The minimum Gasteiger partial charge on any atom is -0.352 e. The Morgan fingerprint density at radius 2 is 2.24 bits per heavy atom.